The van der Waals surface area contributed by atoms with Gasteiger partial charge < -0.3 is 20.4 Å². The van der Waals surface area contributed by atoms with Gasteiger partial charge in [-0.1, -0.05) is 20.8 Å². The van der Waals surface area contributed by atoms with Gasteiger partial charge in [0, 0.05) is 43.9 Å². The van der Waals surface area contributed by atoms with Gasteiger partial charge in [-0.15, -0.1) is 0 Å². The van der Waals surface area contributed by atoms with Crippen LogP contribution < -0.4 is 20.9 Å². The molecule has 11 heteroatoms. The fraction of sp³-hybridized carbons (Fsp3) is 0.577. The highest BCUT2D eigenvalue weighted by Crippen LogP contribution is 2.29. The van der Waals surface area contributed by atoms with Gasteiger partial charge in [-0.25, -0.2) is 13.4 Å². The zero-order valence-electron chi connectivity index (χ0n) is 22.2. The van der Waals surface area contributed by atoms with Gasteiger partial charge in [0.15, 0.2) is 0 Å². The topological polar surface area (TPSA) is 133 Å². The van der Waals surface area contributed by atoms with Gasteiger partial charge in [-0.3, -0.25) is 9.59 Å². The summed E-state index contributed by atoms with van der Waals surface area (Å²) in [5.41, 5.74) is 2.08. The van der Waals surface area contributed by atoms with Crippen LogP contribution in [-0.4, -0.2) is 73.2 Å². The van der Waals surface area contributed by atoms with Crippen LogP contribution in [0.1, 0.15) is 62.2 Å². The number of amides is 1. The third kappa shape index (κ3) is 6.97. The first-order valence-electron chi connectivity index (χ1n) is 13.1. The van der Waals surface area contributed by atoms with Crippen LogP contribution in [-0.2, 0) is 22.9 Å². The summed E-state index contributed by atoms with van der Waals surface area (Å²) in [4.78, 5) is 33.2. The molecular formula is C26H39N5O5S. The number of ether oxygens (including phenoxy) is 1. The molecule has 204 valence electrons. The van der Waals surface area contributed by atoms with Crippen LogP contribution >= 0.6 is 0 Å². The number of piperazine rings is 1. The normalized spacial score (nSPS) is 15.4. The molecule has 1 amide bonds. The second-order valence-corrected chi connectivity index (χ2v) is 11.5. The number of H-pyrrole nitrogens is 1. The van der Waals surface area contributed by atoms with E-state index in [1.165, 1.54) is 4.31 Å². The first kappa shape index (κ1) is 28.8. The Balaban J connectivity index is 1.78. The Labute approximate surface area is 219 Å². The van der Waals surface area contributed by atoms with Crippen molar-refractivity contribution in [2.75, 3.05) is 39.3 Å². The minimum Gasteiger partial charge on any atom is -0.493 e. The average Bonchev–Trinajstić information content (AvgIpc) is 2.91. The number of aryl methyl sites for hydroxylation is 1. The van der Waals surface area contributed by atoms with E-state index in [0.29, 0.717) is 80.3 Å². The van der Waals surface area contributed by atoms with Crippen LogP contribution in [0.2, 0.25) is 0 Å². The molecular weight excluding hydrogens is 494 g/mol. The number of hydrogen-bond acceptors (Lipinski definition) is 7. The summed E-state index contributed by atoms with van der Waals surface area (Å²) in [5.74, 6) is 0.553. The molecule has 1 atom stereocenters. The van der Waals surface area contributed by atoms with Crippen LogP contribution in [0.25, 0.3) is 11.4 Å². The van der Waals surface area contributed by atoms with E-state index in [2.05, 4.69) is 20.6 Å². The predicted molar refractivity (Wildman–Crippen MR) is 145 cm³/mol. The van der Waals surface area contributed by atoms with Gasteiger partial charge in [-0.2, -0.15) is 4.31 Å². The molecule has 37 heavy (non-hydrogen) atoms. The third-order valence-corrected chi connectivity index (χ3v) is 8.87. The van der Waals surface area contributed by atoms with Crippen molar-refractivity contribution in [3.8, 4) is 17.1 Å². The molecule has 1 aromatic heterocycles. The molecule has 0 spiro atoms. The van der Waals surface area contributed by atoms with Crippen molar-refractivity contribution in [1.29, 1.82) is 0 Å². The molecule has 1 fully saturated rings. The van der Waals surface area contributed by atoms with E-state index in [4.69, 9.17) is 4.74 Å². The van der Waals surface area contributed by atoms with Crippen LogP contribution in [0, 0.1) is 0 Å². The maximum Gasteiger partial charge on any atom is 0.254 e. The Kier molecular flexibility index (Phi) is 10.2. The second kappa shape index (κ2) is 13.2. The van der Waals surface area contributed by atoms with Crippen LogP contribution in [0.3, 0.4) is 0 Å². The summed E-state index contributed by atoms with van der Waals surface area (Å²) in [6.45, 7) is 10.4. The summed E-state index contributed by atoms with van der Waals surface area (Å²) in [5, 5.41) is 5.38. The summed E-state index contributed by atoms with van der Waals surface area (Å²) >= 11 is 0. The average molecular weight is 534 g/mol. The highest BCUT2D eigenvalue weighted by atomic mass is 32.2. The number of rotatable bonds is 12. The van der Waals surface area contributed by atoms with Crippen LogP contribution in [0.4, 0.5) is 0 Å². The molecule has 0 radical (unpaired) electrons. The van der Waals surface area contributed by atoms with Crippen molar-refractivity contribution in [2.45, 2.75) is 58.6 Å². The molecule has 1 aliphatic heterocycles. The predicted octanol–water partition coefficient (Wildman–Crippen LogP) is 2.09. The molecule has 0 saturated carbocycles. The SMILES string of the molecule is CCCOc1ccc(C(=O)NCCC(C)S(=O)(=O)N2CCNCC2)cc1-c1nc(CC)c(CC)c(=O)[nH]1. The second-order valence-electron chi connectivity index (χ2n) is 9.16. The lowest BCUT2D eigenvalue weighted by Gasteiger charge is -2.29. The van der Waals surface area contributed by atoms with E-state index in [9.17, 15) is 18.0 Å². The Bertz CT molecular complexity index is 1240. The number of sulfonamides is 1. The van der Waals surface area contributed by atoms with Gasteiger partial charge in [0.25, 0.3) is 11.5 Å². The first-order valence-corrected chi connectivity index (χ1v) is 14.6. The van der Waals surface area contributed by atoms with E-state index >= 15 is 0 Å². The Morgan fingerprint density at radius 2 is 1.92 bits per heavy atom. The van der Waals surface area contributed by atoms with Gasteiger partial charge in [0.2, 0.25) is 10.0 Å². The van der Waals surface area contributed by atoms with Gasteiger partial charge in [0.1, 0.15) is 11.6 Å². The quantitative estimate of drug-likeness (QED) is 0.380. The van der Waals surface area contributed by atoms with Crippen LogP contribution in [0.5, 0.6) is 5.75 Å². The molecule has 0 bridgehead atoms. The molecule has 1 aromatic carbocycles. The van der Waals surface area contributed by atoms with Crippen molar-refractivity contribution in [3.63, 3.8) is 0 Å². The van der Waals surface area contributed by atoms with E-state index in [1.807, 2.05) is 20.8 Å². The number of hydrogen-bond donors (Lipinski definition) is 3. The smallest absolute Gasteiger partial charge is 0.254 e. The largest absolute Gasteiger partial charge is 0.493 e. The molecule has 0 aliphatic carbocycles. The van der Waals surface area contributed by atoms with Crippen molar-refractivity contribution in [1.82, 2.24) is 24.9 Å². The fourth-order valence-electron chi connectivity index (χ4n) is 4.32. The van der Waals surface area contributed by atoms with E-state index in [0.717, 1.165) is 12.1 Å². The number of nitrogens with zero attached hydrogens (tertiary/aromatic N) is 2. The van der Waals surface area contributed by atoms with E-state index < -0.39 is 15.3 Å². The molecule has 1 unspecified atom stereocenters. The number of aromatic amines is 1. The Hall–Kier alpha value is -2.76. The minimum absolute atomic E-state index is 0.194. The first-order chi connectivity index (χ1) is 17.7. The van der Waals surface area contributed by atoms with Gasteiger partial charge in [0.05, 0.1) is 23.1 Å². The molecule has 1 aliphatic rings. The maximum absolute atomic E-state index is 13.0. The summed E-state index contributed by atoms with van der Waals surface area (Å²) in [7, 11) is -3.41. The lowest BCUT2D eigenvalue weighted by molar-refractivity contribution is 0.0953. The van der Waals surface area contributed by atoms with E-state index in [1.54, 1.807) is 25.1 Å². The highest BCUT2D eigenvalue weighted by molar-refractivity contribution is 7.89. The maximum atomic E-state index is 13.0. The Morgan fingerprint density at radius 1 is 1.19 bits per heavy atom. The number of carbonyl (C=O) groups excluding carboxylic acids is 1. The zero-order valence-corrected chi connectivity index (χ0v) is 23.0. The summed E-state index contributed by atoms with van der Waals surface area (Å²) in [6.07, 6.45) is 2.29. The minimum atomic E-state index is -3.41. The van der Waals surface area contributed by atoms with Crippen molar-refractivity contribution < 1.29 is 17.9 Å². The highest BCUT2D eigenvalue weighted by Gasteiger charge is 2.29. The van der Waals surface area contributed by atoms with Crippen molar-refractivity contribution >= 4 is 15.9 Å². The standard InChI is InChI=1S/C26H39N5O5S/c1-5-16-36-23-9-8-19(17-21(23)24-29-22(7-3)20(6-2)26(33)30-24)25(32)28-11-10-18(4)37(34,35)31-14-12-27-13-15-31/h8-9,17-18,27H,5-7,10-16H2,1-4H3,(H,28,32)(H,29,30,33). The van der Waals surface area contributed by atoms with E-state index in [-0.39, 0.29) is 18.0 Å². The molecule has 10 nitrogen and oxygen atoms in total. The third-order valence-electron chi connectivity index (χ3n) is 6.53. The number of benzene rings is 1. The molecule has 3 N–H and O–H groups in total. The monoisotopic (exact) mass is 533 g/mol. The van der Waals surface area contributed by atoms with Crippen molar-refractivity contribution in [2.24, 2.45) is 0 Å². The fourth-order valence-corrected chi connectivity index (χ4v) is 5.93. The summed E-state index contributed by atoms with van der Waals surface area (Å²) < 4.78 is 33.0. The van der Waals surface area contributed by atoms with Gasteiger partial charge in [-0.05, 0) is 50.8 Å². The number of carbonyl (C=O) groups is 1. The lowest BCUT2D eigenvalue weighted by Crippen LogP contribution is -2.49. The van der Waals surface area contributed by atoms with Gasteiger partial charge >= 0.3 is 0 Å². The number of aromatic nitrogens is 2. The summed E-state index contributed by atoms with van der Waals surface area (Å²) in [6, 6.07) is 5.02. The molecule has 2 heterocycles. The zero-order chi connectivity index (χ0) is 27.0. The molecule has 3 rings (SSSR count). The lowest BCUT2D eigenvalue weighted by atomic mass is 10.1. The molecule has 1 saturated heterocycles. The van der Waals surface area contributed by atoms with Crippen molar-refractivity contribution in [3.05, 3.63) is 45.4 Å². The Morgan fingerprint density at radius 3 is 2.57 bits per heavy atom. The number of nitrogens with one attached hydrogen (secondary N) is 3. The van der Waals surface area contributed by atoms with Crippen LogP contribution in [0.15, 0.2) is 23.0 Å². The molecule has 2 aromatic rings.